The molecule has 7 nitrogen and oxygen atoms in total. The van der Waals surface area contributed by atoms with Crippen LogP contribution in [0.2, 0.25) is 5.02 Å². The fraction of sp³-hybridized carbons (Fsp3) is 0.500. The van der Waals surface area contributed by atoms with Crippen molar-refractivity contribution in [2.24, 2.45) is 5.92 Å². The summed E-state index contributed by atoms with van der Waals surface area (Å²) < 4.78 is 2.00. The highest BCUT2D eigenvalue weighted by atomic mass is 35.5. The summed E-state index contributed by atoms with van der Waals surface area (Å²) in [6, 6.07) is 6.01. The summed E-state index contributed by atoms with van der Waals surface area (Å²) in [6.07, 6.45) is 8.26. The molecule has 1 unspecified atom stereocenters. The molecule has 2 aliphatic rings. The summed E-state index contributed by atoms with van der Waals surface area (Å²) in [6.45, 7) is 9.29. The van der Waals surface area contributed by atoms with Crippen molar-refractivity contribution in [3.05, 3.63) is 47.6 Å². The van der Waals surface area contributed by atoms with Gasteiger partial charge in [0, 0.05) is 64.3 Å². The number of halogens is 1. The lowest BCUT2D eigenvalue weighted by Crippen LogP contribution is -2.46. The van der Waals surface area contributed by atoms with E-state index in [0.29, 0.717) is 0 Å². The molecule has 3 aromatic heterocycles. The number of piperidine rings is 1. The predicted molar refractivity (Wildman–Crippen MR) is 120 cm³/mol. The van der Waals surface area contributed by atoms with E-state index in [4.69, 9.17) is 16.6 Å². The van der Waals surface area contributed by atoms with Crippen LogP contribution in [0, 0.1) is 5.92 Å². The van der Waals surface area contributed by atoms with Crippen molar-refractivity contribution in [3.63, 3.8) is 0 Å². The van der Waals surface area contributed by atoms with Crippen molar-refractivity contribution in [1.29, 1.82) is 0 Å². The molecule has 0 aliphatic carbocycles. The lowest BCUT2D eigenvalue weighted by Gasteiger charge is -2.36. The van der Waals surface area contributed by atoms with Crippen LogP contribution in [0.15, 0.2) is 36.9 Å². The third kappa shape index (κ3) is 4.23. The van der Waals surface area contributed by atoms with Gasteiger partial charge in [0.1, 0.15) is 23.6 Å². The number of hydrogen-bond acceptors (Lipinski definition) is 6. The number of fused-ring (bicyclic) bond motifs is 1. The van der Waals surface area contributed by atoms with E-state index in [0.717, 1.165) is 79.7 Å². The first-order chi connectivity index (χ1) is 14.6. The quantitative estimate of drug-likeness (QED) is 0.639. The van der Waals surface area contributed by atoms with Crippen LogP contribution in [0.5, 0.6) is 0 Å². The Labute approximate surface area is 182 Å². The van der Waals surface area contributed by atoms with Crippen LogP contribution < -0.4 is 9.80 Å². The fourth-order valence-electron chi connectivity index (χ4n) is 4.54. The molecule has 0 N–H and O–H groups in total. The van der Waals surface area contributed by atoms with Gasteiger partial charge in [-0.05, 0) is 30.9 Å². The molecule has 0 spiro atoms. The molecule has 0 aromatic carbocycles. The highest BCUT2D eigenvalue weighted by Crippen LogP contribution is 2.24. The Hall–Kier alpha value is -2.38. The molecular formula is C22H28ClN7. The minimum atomic E-state index is 0.725. The van der Waals surface area contributed by atoms with Crippen LogP contribution in [-0.4, -0.2) is 63.5 Å². The SMILES string of the molecule is CC1CCCN(c2cc(N3CCN(Cc4cn5cc(Cl)ccc5n4)CC3)ncn2)C1. The first-order valence-electron chi connectivity index (χ1n) is 10.8. The number of piperazine rings is 1. The van der Waals surface area contributed by atoms with E-state index in [1.807, 2.05) is 22.7 Å². The Morgan fingerprint density at radius 2 is 1.80 bits per heavy atom. The Bertz CT molecular complexity index is 1010. The number of pyridine rings is 1. The second kappa shape index (κ2) is 8.40. The highest BCUT2D eigenvalue weighted by molar-refractivity contribution is 6.30. The summed E-state index contributed by atoms with van der Waals surface area (Å²) in [5.74, 6) is 2.84. The number of rotatable bonds is 4. The number of nitrogens with zero attached hydrogens (tertiary/aromatic N) is 7. The van der Waals surface area contributed by atoms with Crippen molar-refractivity contribution >= 4 is 28.9 Å². The molecule has 0 bridgehead atoms. The van der Waals surface area contributed by atoms with Crippen LogP contribution in [0.25, 0.3) is 5.65 Å². The molecule has 30 heavy (non-hydrogen) atoms. The Morgan fingerprint density at radius 3 is 2.60 bits per heavy atom. The van der Waals surface area contributed by atoms with Gasteiger partial charge >= 0.3 is 0 Å². The third-order valence-electron chi connectivity index (χ3n) is 6.17. The first-order valence-corrected chi connectivity index (χ1v) is 11.2. The van der Waals surface area contributed by atoms with E-state index in [-0.39, 0.29) is 0 Å². The van der Waals surface area contributed by atoms with E-state index >= 15 is 0 Å². The molecule has 158 valence electrons. The zero-order valence-electron chi connectivity index (χ0n) is 17.4. The summed E-state index contributed by atoms with van der Waals surface area (Å²) >= 11 is 6.08. The second-order valence-electron chi connectivity index (χ2n) is 8.54. The average Bonchev–Trinajstić information content (AvgIpc) is 3.16. The van der Waals surface area contributed by atoms with E-state index < -0.39 is 0 Å². The molecular weight excluding hydrogens is 398 g/mol. The molecule has 5 rings (SSSR count). The number of anilines is 2. The largest absolute Gasteiger partial charge is 0.356 e. The van der Waals surface area contributed by atoms with Crippen LogP contribution in [0.4, 0.5) is 11.6 Å². The Kier molecular flexibility index (Phi) is 5.48. The van der Waals surface area contributed by atoms with Crippen molar-refractivity contribution in [2.75, 3.05) is 49.1 Å². The van der Waals surface area contributed by atoms with Gasteiger partial charge in [-0.25, -0.2) is 15.0 Å². The molecule has 2 fully saturated rings. The minimum absolute atomic E-state index is 0.725. The van der Waals surface area contributed by atoms with Gasteiger partial charge in [-0.15, -0.1) is 0 Å². The molecule has 0 radical (unpaired) electrons. The maximum Gasteiger partial charge on any atom is 0.137 e. The van der Waals surface area contributed by atoms with Crippen molar-refractivity contribution < 1.29 is 0 Å². The van der Waals surface area contributed by atoms with E-state index in [1.165, 1.54) is 12.8 Å². The van der Waals surface area contributed by atoms with E-state index in [9.17, 15) is 0 Å². The summed E-state index contributed by atoms with van der Waals surface area (Å²) in [5.41, 5.74) is 2.02. The lowest BCUT2D eigenvalue weighted by atomic mass is 10.0. The fourth-order valence-corrected chi connectivity index (χ4v) is 4.71. The smallest absolute Gasteiger partial charge is 0.137 e. The molecule has 2 saturated heterocycles. The Morgan fingerprint density at radius 1 is 1.00 bits per heavy atom. The van der Waals surface area contributed by atoms with Gasteiger partial charge in [0.25, 0.3) is 0 Å². The molecule has 0 amide bonds. The van der Waals surface area contributed by atoms with Crippen LogP contribution in [-0.2, 0) is 6.54 Å². The third-order valence-corrected chi connectivity index (χ3v) is 6.39. The number of imidazole rings is 1. The van der Waals surface area contributed by atoms with Gasteiger partial charge < -0.3 is 14.2 Å². The van der Waals surface area contributed by atoms with E-state index in [2.05, 4.69) is 43.9 Å². The van der Waals surface area contributed by atoms with Crippen molar-refractivity contribution in [2.45, 2.75) is 26.3 Å². The average molecular weight is 426 g/mol. The first kappa shape index (κ1) is 19.6. The zero-order valence-corrected chi connectivity index (χ0v) is 18.2. The molecule has 5 heterocycles. The standard InChI is InChI=1S/C22H28ClN7/c1-17-3-2-6-29(12-17)22-11-21(24-16-25-22)28-9-7-27(8-10-28)14-19-15-30-13-18(23)4-5-20(30)26-19/h4-5,11,13,15-17H,2-3,6-10,12,14H2,1H3. The molecule has 2 aliphatic heterocycles. The molecule has 0 saturated carbocycles. The van der Waals surface area contributed by atoms with E-state index in [1.54, 1.807) is 6.33 Å². The maximum absolute atomic E-state index is 6.08. The van der Waals surface area contributed by atoms with Crippen LogP contribution >= 0.6 is 11.6 Å². The molecule has 1 atom stereocenters. The van der Waals surface area contributed by atoms with Gasteiger partial charge in [-0.3, -0.25) is 4.90 Å². The molecule has 8 heteroatoms. The Balaban J connectivity index is 1.21. The number of aromatic nitrogens is 4. The van der Waals surface area contributed by atoms with Gasteiger partial charge in [0.2, 0.25) is 0 Å². The predicted octanol–water partition coefficient (Wildman–Crippen LogP) is 3.34. The summed E-state index contributed by atoms with van der Waals surface area (Å²) in [4.78, 5) is 21.1. The normalized spacial score (nSPS) is 20.8. The topological polar surface area (TPSA) is 52.8 Å². The van der Waals surface area contributed by atoms with Crippen LogP contribution in [0.3, 0.4) is 0 Å². The van der Waals surface area contributed by atoms with Crippen LogP contribution in [0.1, 0.15) is 25.5 Å². The maximum atomic E-state index is 6.08. The van der Waals surface area contributed by atoms with Gasteiger partial charge in [0.15, 0.2) is 0 Å². The van der Waals surface area contributed by atoms with Crippen molar-refractivity contribution in [1.82, 2.24) is 24.3 Å². The minimum Gasteiger partial charge on any atom is -0.356 e. The lowest BCUT2D eigenvalue weighted by molar-refractivity contribution is 0.247. The van der Waals surface area contributed by atoms with Crippen molar-refractivity contribution in [3.8, 4) is 0 Å². The van der Waals surface area contributed by atoms with Gasteiger partial charge in [-0.1, -0.05) is 18.5 Å². The molecule has 3 aromatic rings. The zero-order chi connectivity index (χ0) is 20.5. The summed E-state index contributed by atoms with van der Waals surface area (Å²) in [7, 11) is 0. The van der Waals surface area contributed by atoms with Gasteiger partial charge in [0.05, 0.1) is 10.7 Å². The highest BCUT2D eigenvalue weighted by Gasteiger charge is 2.22. The second-order valence-corrected chi connectivity index (χ2v) is 8.97. The monoisotopic (exact) mass is 425 g/mol. The summed E-state index contributed by atoms with van der Waals surface area (Å²) in [5, 5.41) is 0.725. The van der Waals surface area contributed by atoms with Gasteiger partial charge in [-0.2, -0.15) is 0 Å². The number of hydrogen-bond donors (Lipinski definition) is 0.